The zero-order chi connectivity index (χ0) is 18.0. The van der Waals surface area contributed by atoms with Crippen molar-refractivity contribution in [2.45, 2.75) is 18.8 Å². The molecular weight excluding hydrogens is 316 g/mol. The number of fused-ring (bicyclic) bond motifs is 3. The molecule has 0 atom stereocenters. The lowest BCUT2D eigenvalue weighted by Gasteiger charge is -2.30. The molecule has 4 nitrogen and oxygen atoms in total. The van der Waals surface area contributed by atoms with Gasteiger partial charge in [-0.2, -0.15) is 0 Å². The van der Waals surface area contributed by atoms with E-state index in [2.05, 4.69) is 6.58 Å². The third-order valence-electron chi connectivity index (χ3n) is 4.73. The van der Waals surface area contributed by atoms with Crippen LogP contribution in [0.25, 0.3) is 11.1 Å². The molecule has 2 aromatic carbocycles. The van der Waals surface area contributed by atoms with Crippen LogP contribution in [0.15, 0.2) is 60.7 Å². The molecule has 1 aliphatic rings. The Balaban J connectivity index is 2.20. The van der Waals surface area contributed by atoms with E-state index in [0.29, 0.717) is 0 Å². The topological polar surface area (TPSA) is 63.6 Å². The summed E-state index contributed by atoms with van der Waals surface area (Å²) in [5.41, 5.74) is 2.57. The number of ketones is 1. The van der Waals surface area contributed by atoms with Crippen molar-refractivity contribution in [3.63, 3.8) is 0 Å². The molecule has 0 spiro atoms. The van der Waals surface area contributed by atoms with Crippen molar-refractivity contribution in [3.05, 3.63) is 71.8 Å². The highest BCUT2D eigenvalue weighted by atomic mass is 16.5. The average Bonchev–Trinajstić information content (AvgIpc) is 2.93. The molecule has 1 aliphatic carbocycles. The maximum atomic E-state index is 12.9. The standard InChI is InChI=1S/C21H20O4/c1-3-25-20(24)14(2)12-21(19(23)13-22)17-10-6-4-8-15(17)16-9-5-7-11-18(16)21/h4-11,22H,2-3,12-13H2,1H3. The monoisotopic (exact) mass is 336 g/mol. The van der Waals surface area contributed by atoms with Crippen LogP contribution in [0, 0.1) is 0 Å². The van der Waals surface area contributed by atoms with Gasteiger partial charge < -0.3 is 9.84 Å². The van der Waals surface area contributed by atoms with Crippen molar-refractivity contribution < 1.29 is 19.4 Å². The first-order chi connectivity index (χ1) is 12.1. The van der Waals surface area contributed by atoms with Crippen LogP contribution >= 0.6 is 0 Å². The maximum absolute atomic E-state index is 12.9. The van der Waals surface area contributed by atoms with Gasteiger partial charge in [-0.05, 0) is 35.6 Å². The molecule has 0 fully saturated rings. The van der Waals surface area contributed by atoms with Crippen molar-refractivity contribution in [2.75, 3.05) is 13.2 Å². The number of aliphatic hydroxyl groups excluding tert-OH is 1. The maximum Gasteiger partial charge on any atom is 0.333 e. The SMILES string of the molecule is C=C(CC1(C(=O)CO)c2ccccc2-c2ccccc21)C(=O)OCC. The van der Waals surface area contributed by atoms with Crippen LogP contribution in [0.1, 0.15) is 24.5 Å². The molecule has 2 aromatic rings. The van der Waals surface area contributed by atoms with E-state index in [0.717, 1.165) is 22.3 Å². The Hall–Kier alpha value is -2.72. The van der Waals surface area contributed by atoms with Crippen LogP contribution in [0.3, 0.4) is 0 Å². The first-order valence-corrected chi connectivity index (χ1v) is 8.24. The Morgan fingerprint density at radius 3 is 2.04 bits per heavy atom. The van der Waals surface area contributed by atoms with Gasteiger partial charge in [0.1, 0.15) is 6.61 Å². The van der Waals surface area contributed by atoms with E-state index in [9.17, 15) is 14.7 Å². The normalized spacial score (nSPS) is 13.7. The number of esters is 1. The van der Waals surface area contributed by atoms with E-state index in [1.807, 2.05) is 48.5 Å². The fourth-order valence-electron chi connectivity index (χ4n) is 3.68. The summed E-state index contributed by atoms with van der Waals surface area (Å²) in [6, 6.07) is 15.2. The van der Waals surface area contributed by atoms with Crippen LogP contribution in [0.4, 0.5) is 0 Å². The molecule has 0 heterocycles. The molecule has 0 saturated heterocycles. The van der Waals surface area contributed by atoms with Gasteiger partial charge in [-0.3, -0.25) is 4.79 Å². The molecule has 25 heavy (non-hydrogen) atoms. The van der Waals surface area contributed by atoms with Crippen LogP contribution in [-0.4, -0.2) is 30.1 Å². The van der Waals surface area contributed by atoms with Crippen LogP contribution in [0.2, 0.25) is 0 Å². The highest BCUT2D eigenvalue weighted by Crippen LogP contribution is 2.52. The molecule has 0 aliphatic heterocycles. The van der Waals surface area contributed by atoms with Crippen molar-refractivity contribution in [1.82, 2.24) is 0 Å². The lowest BCUT2D eigenvalue weighted by molar-refractivity contribution is -0.138. The lowest BCUT2D eigenvalue weighted by Crippen LogP contribution is -2.38. The minimum Gasteiger partial charge on any atom is -0.463 e. The van der Waals surface area contributed by atoms with E-state index in [1.165, 1.54) is 0 Å². The van der Waals surface area contributed by atoms with Crippen LogP contribution < -0.4 is 0 Å². The van der Waals surface area contributed by atoms with Gasteiger partial charge in [-0.1, -0.05) is 55.1 Å². The van der Waals surface area contributed by atoms with Gasteiger partial charge >= 0.3 is 5.97 Å². The van der Waals surface area contributed by atoms with Crippen LogP contribution in [-0.2, 0) is 19.7 Å². The quantitative estimate of drug-likeness (QED) is 0.650. The van der Waals surface area contributed by atoms with E-state index < -0.39 is 18.0 Å². The number of hydrogen-bond donors (Lipinski definition) is 1. The average molecular weight is 336 g/mol. The first kappa shape index (κ1) is 17.1. The molecule has 4 heteroatoms. The van der Waals surface area contributed by atoms with Gasteiger partial charge in [0.2, 0.25) is 0 Å². The molecule has 3 rings (SSSR count). The Morgan fingerprint density at radius 1 is 1.04 bits per heavy atom. The Morgan fingerprint density at radius 2 is 1.56 bits per heavy atom. The predicted octanol–water partition coefficient (Wildman–Crippen LogP) is 3.02. The summed E-state index contributed by atoms with van der Waals surface area (Å²) in [6.45, 7) is 5.19. The molecule has 0 bridgehead atoms. The van der Waals surface area contributed by atoms with Crippen molar-refractivity contribution in [3.8, 4) is 11.1 Å². The van der Waals surface area contributed by atoms with Gasteiger partial charge in [0, 0.05) is 5.57 Å². The zero-order valence-corrected chi connectivity index (χ0v) is 14.1. The van der Waals surface area contributed by atoms with E-state index in [4.69, 9.17) is 4.74 Å². The minimum absolute atomic E-state index is 0.0826. The Labute approximate surface area is 146 Å². The smallest absolute Gasteiger partial charge is 0.333 e. The molecule has 128 valence electrons. The largest absolute Gasteiger partial charge is 0.463 e. The summed E-state index contributed by atoms with van der Waals surface area (Å²) in [7, 11) is 0. The predicted molar refractivity (Wildman–Crippen MR) is 95.1 cm³/mol. The second-order valence-corrected chi connectivity index (χ2v) is 6.08. The summed E-state index contributed by atoms with van der Waals surface area (Å²) in [5, 5.41) is 9.67. The number of hydrogen-bond acceptors (Lipinski definition) is 4. The number of aliphatic hydroxyl groups is 1. The number of ether oxygens (including phenoxy) is 1. The number of carbonyl (C=O) groups is 2. The van der Waals surface area contributed by atoms with Gasteiger partial charge in [0.25, 0.3) is 0 Å². The van der Waals surface area contributed by atoms with Crippen molar-refractivity contribution >= 4 is 11.8 Å². The number of carbonyl (C=O) groups excluding carboxylic acids is 2. The lowest BCUT2D eigenvalue weighted by atomic mass is 9.70. The Bertz CT molecular complexity index is 805. The fourth-order valence-corrected chi connectivity index (χ4v) is 3.68. The molecule has 0 unspecified atom stereocenters. The summed E-state index contributed by atoms with van der Waals surface area (Å²) in [4.78, 5) is 25.0. The van der Waals surface area contributed by atoms with E-state index in [1.54, 1.807) is 6.92 Å². The third kappa shape index (κ3) is 2.59. The van der Waals surface area contributed by atoms with Crippen molar-refractivity contribution in [1.29, 1.82) is 0 Å². The number of Topliss-reactive ketones (excluding diaryl/α,β-unsaturated/α-hetero) is 1. The van der Waals surface area contributed by atoms with Crippen molar-refractivity contribution in [2.24, 2.45) is 0 Å². The second kappa shape index (κ2) is 6.65. The summed E-state index contributed by atoms with van der Waals surface area (Å²) in [6.07, 6.45) is 0.0826. The minimum atomic E-state index is -1.12. The number of rotatable bonds is 6. The molecule has 0 aromatic heterocycles. The molecule has 1 N–H and O–H groups in total. The summed E-state index contributed by atoms with van der Waals surface area (Å²) >= 11 is 0. The van der Waals surface area contributed by atoms with Crippen LogP contribution in [0.5, 0.6) is 0 Å². The van der Waals surface area contributed by atoms with E-state index >= 15 is 0 Å². The van der Waals surface area contributed by atoms with Gasteiger partial charge in [-0.15, -0.1) is 0 Å². The fraction of sp³-hybridized carbons (Fsp3) is 0.238. The highest BCUT2D eigenvalue weighted by Gasteiger charge is 2.49. The Kier molecular flexibility index (Phi) is 4.55. The highest BCUT2D eigenvalue weighted by molar-refractivity contribution is 6.03. The molecular formula is C21H20O4. The molecule has 0 radical (unpaired) electrons. The molecule has 0 amide bonds. The third-order valence-corrected chi connectivity index (χ3v) is 4.73. The van der Waals surface area contributed by atoms with E-state index in [-0.39, 0.29) is 24.4 Å². The first-order valence-electron chi connectivity index (χ1n) is 8.24. The van der Waals surface area contributed by atoms with Gasteiger partial charge in [0.05, 0.1) is 12.0 Å². The zero-order valence-electron chi connectivity index (χ0n) is 14.1. The second-order valence-electron chi connectivity index (χ2n) is 6.08. The summed E-state index contributed by atoms with van der Waals surface area (Å²) in [5.74, 6) is -0.871. The molecule has 0 saturated carbocycles. The summed E-state index contributed by atoms with van der Waals surface area (Å²) < 4.78 is 5.04. The number of benzene rings is 2. The van der Waals surface area contributed by atoms with Gasteiger partial charge in [-0.25, -0.2) is 4.79 Å². The van der Waals surface area contributed by atoms with Gasteiger partial charge in [0.15, 0.2) is 5.78 Å².